The van der Waals surface area contributed by atoms with Crippen molar-refractivity contribution in [2.24, 2.45) is 0 Å². The summed E-state index contributed by atoms with van der Waals surface area (Å²) in [7, 11) is 0. The van der Waals surface area contributed by atoms with Crippen molar-refractivity contribution in [3.8, 4) is 5.75 Å². The molecule has 1 aromatic rings. The molecule has 228 valence electrons. The molecular weight excluding hydrogens is 614 g/mol. The van der Waals surface area contributed by atoms with Gasteiger partial charge in [0.15, 0.2) is 0 Å². The van der Waals surface area contributed by atoms with E-state index in [2.05, 4.69) is 9.47 Å². The third-order valence-electron chi connectivity index (χ3n) is 4.25. The minimum Gasteiger partial charge on any atom is -0.441 e. The Labute approximate surface area is 209 Å². The van der Waals surface area contributed by atoms with Gasteiger partial charge in [0.25, 0.3) is 6.10 Å². The van der Waals surface area contributed by atoms with Crippen LogP contribution in [0.5, 0.6) is 5.75 Å². The molecule has 0 aromatic heterocycles. The van der Waals surface area contributed by atoms with Gasteiger partial charge in [-0.1, -0.05) is 12.1 Å². The number of carbonyl (C=O) groups excluding carboxylic acids is 3. The number of amides is 1. The van der Waals surface area contributed by atoms with Crippen LogP contribution in [0.3, 0.4) is 0 Å². The van der Waals surface area contributed by atoms with Crippen molar-refractivity contribution in [2.75, 3.05) is 0 Å². The van der Waals surface area contributed by atoms with E-state index >= 15 is 0 Å². The Morgan fingerprint density at radius 3 is 1.48 bits per heavy atom. The predicted octanol–water partition coefficient (Wildman–Crippen LogP) is 5.05. The van der Waals surface area contributed by atoms with Crippen molar-refractivity contribution in [1.29, 1.82) is 0 Å². The number of hydrogen-bond acceptors (Lipinski definition) is 5. The first-order valence-electron chi connectivity index (χ1n) is 9.47. The SMILES string of the molecule is O=C(OC(C(F)(F)F)C(F)(F)F)C(Cc1ccc(OC(=O)C(F)(F)C(F)(F)F)cc1)NC(=O)C(F)(F)C(F)(F)F. The minimum atomic E-state index is -6.66. The molecule has 0 aliphatic heterocycles. The molecule has 1 amide bonds. The summed E-state index contributed by atoms with van der Waals surface area (Å²) in [5.74, 6) is -22.9. The van der Waals surface area contributed by atoms with E-state index in [1.54, 1.807) is 0 Å². The average Bonchev–Trinajstić information content (AvgIpc) is 2.74. The number of esters is 2. The molecule has 0 spiro atoms. The lowest BCUT2D eigenvalue weighted by molar-refractivity contribution is -0.313. The number of alkyl halides is 16. The first-order valence-corrected chi connectivity index (χ1v) is 9.47. The van der Waals surface area contributed by atoms with Crippen LogP contribution >= 0.6 is 0 Å². The summed E-state index contributed by atoms with van der Waals surface area (Å²) < 4.78 is 209. The maximum atomic E-state index is 13.2. The molecule has 0 saturated carbocycles. The molecule has 1 N–H and O–H groups in total. The molecule has 0 aliphatic carbocycles. The molecule has 6 nitrogen and oxygen atoms in total. The fourth-order valence-electron chi connectivity index (χ4n) is 2.30. The van der Waals surface area contributed by atoms with Crippen molar-refractivity contribution in [1.82, 2.24) is 5.32 Å². The van der Waals surface area contributed by atoms with Gasteiger partial charge in [-0.25, -0.2) is 9.59 Å². The standard InChI is InChI=1S/C18H9F16NO5/c19-13(20,17(29,30)31)11(37)35-8(9(36)40-10(15(23,24)25)16(26,27)28)5-6-1-3-7(4-2-6)39-12(38)14(21,22)18(32,33)34/h1-4,8,10H,5H2,(H,35,37). The molecule has 0 heterocycles. The van der Waals surface area contributed by atoms with Crippen LogP contribution in [0.15, 0.2) is 24.3 Å². The fourth-order valence-corrected chi connectivity index (χ4v) is 2.30. The largest absolute Gasteiger partial charge is 0.465 e. The molecule has 1 aromatic carbocycles. The van der Waals surface area contributed by atoms with Gasteiger partial charge in [-0.2, -0.15) is 70.2 Å². The Kier molecular flexibility index (Phi) is 9.65. The second-order valence-electron chi connectivity index (χ2n) is 7.31. The molecule has 0 bridgehead atoms. The van der Waals surface area contributed by atoms with Crippen LogP contribution in [-0.4, -0.2) is 66.5 Å². The van der Waals surface area contributed by atoms with Crippen LogP contribution < -0.4 is 10.1 Å². The monoisotopic (exact) mass is 623 g/mol. The molecule has 40 heavy (non-hydrogen) atoms. The molecule has 0 radical (unpaired) electrons. The predicted molar refractivity (Wildman–Crippen MR) is 91.7 cm³/mol. The third-order valence-corrected chi connectivity index (χ3v) is 4.25. The van der Waals surface area contributed by atoms with Crippen molar-refractivity contribution >= 4 is 17.8 Å². The van der Waals surface area contributed by atoms with Gasteiger partial charge in [-0.3, -0.25) is 4.79 Å². The zero-order valence-corrected chi connectivity index (χ0v) is 18.3. The van der Waals surface area contributed by atoms with Gasteiger partial charge in [0, 0.05) is 6.42 Å². The molecule has 0 fully saturated rings. The highest BCUT2D eigenvalue weighted by Gasteiger charge is 2.66. The Hall–Kier alpha value is -3.49. The van der Waals surface area contributed by atoms with Crippen molar-refractivity contribution in [3.05, 3.63) is 29.8 Å². The zero-order chi connectivity index (χ0) is 31.7. The van der Waals surface area contributed by atoms with Crippen molar-refractivity contribution in [3.63, 3.8) is 0 Å². The Balaban J connectivity index is 3.30. The third kappa shape index (κ3) is 8.26. The first kappa shape index (κ1) is 34.5. The number of carbonyl (C=O) groups is 3. The quantitative estimate of drug-likeness (QED) is 0.249. The zero-order valence-electron chi connectivity index (χ0n) is 18.3. The number of benzene rings is 1. The maximum absolute atomic E-state index is 13.2. The van der Waals surface area contributed by atoms with E-state index in [1.165, 1.54) is 0 Å². The topological polar surface area (TPSA) is 81.7 Å². The van der Waals surface area contributed by atoms with Gasteiger partial charge in [0.2, 0.25) is 0 Å². The fraction of sp³-hybridized carbons (Fsp3) is 0.500. The summed E-state index contributed by atoms with van der Waals surface area (Å²) >= 11 is 0. The number of nitrogens with one attached hydrogen (secondary N) is 1. The lowest BCUT2D eigenvalue weighted by atomic mass is 10.0. The molecule has 0 saturated heterocycles. The van der Waals surface area contributed by atoms with Crippen LogP contribution in [0, 0.1) is 0 Å². The van der Waals surface area contributed by atoms with Crippen LogP contribution in [-0.2, 0) is 25.5 Å². The number of hydrogen-bond donors (Lipinski definition) is 1. The second kappa shape index (κ2) is 11.2. The average molecular weight is 623 g/mol. The molecule has 1 rings (SSSR count). The van der Waals surface area contributed by atoms with Crippen LogP contribution in [0.1, 0.15) is 5.56 Å². The smallest absolute Gasteiger partial charge is 0.441 e. The lowest BCUT2D eigenvalue weighted by Gasteiger charge is -2.27. The van der Waals surface area contributed by atoms with Crippen molar-refractivity contribution < 1.29 is 94.1 Å². The summed E-state index contributed by atoms with van der Waals surface area (Å²) in [4.78, 5) is 34.4. The van der Waals surface area contributed by atoms with E-state index in [1.807, 2.05) is 0 Å². The van der Waals surface area contributed by atoms with Crippen molar-refractivity contribution in [2.45, 2.75) is 55.1 Å². The molecular formula is C18H9F16NO5. The Bertz CT molecular complexity index is 1060. The molecule has 1 unspecified atom stereocenters. The van der Waals surface area contributed by atoms with Gasteiger partial charge >= 0.3 is 54.4 Å². The highest BCUT2D eigenvalue weighted by atomic mass is 19.4. The molecule has 22 heteroatoms. The van der Waals surface area contributed by atoms with Gasteiger partial charge < -0.3 is 14.8 Å². The normalized spacial score (nSPS) is 14.5. The Morgan fingerprint density at radius 2 is 1.10 bits per heavy atom. The number of rotatable bonds is 8. The van der Waals surface area contributed by atoms with Gasteiger partial charge in [-0.05, 0) is 17.7 Å². The highest BCUT2D eigenvalue weighted by molar-refractivity contribution is 5.89. The van der Waals surface area contributed by atoms with Gasteiger partial charge in [0.05, 0.1) is 0 Å². The minimum absolute atomic E-state index is 0.336. The van der Waals surface area contributed by atoms with Crippen LogP contribution in [0.2, 0.25) is 0 Å². The van der Waals surface area contributed by atoms with Gasteiger partial charge in [-0.15, -0.1) is 0 Å². The summed E-state index contributed by atoms with van der Waals surface area (Å²) in [5.41, 5.74) is -0.685. The highest BCUT2D eigenvalue weighted by Crippen LogP contribution is 2.38. The maximum Gasteiger partial charge on any atom is 0.465 e. The molecule has 1 atom stereocenters. The van der Waals surface area contributed by atoms with E-state index < -0.39 is 84.3 Å². The van der Waals surface area contributed by atoms with E-state index in [9.17, 15) is 84.6 Å². The number of halogens is 16. The van der Waals surface area contributed by atoms with Gasteiger partial charge in [0.1, 0.15) is 11.8 Å². The van der Waals surface area contributed by atoms with Crippen LogP contribution in [0.25, 0.3) is 0 Å². The first-order chi connectivity index (χ1) is 17.6. The van der Waals surface area contributed by atoms with E-state index in [0.29, 0.717) is 29.6 Å². The van der Waals surface area contributed by atoms with E-state index in [4.69, 9.17) is 0 Å². The summed E-state index contributed by atoms with van der Waals surface area (Å²) in [6.07, 6.45) is -32.3. The lowest BCUT2D eigenvalue weighted by Crippen LogP contribution is -2.56. The second-order valence-corrected chi connectivity index (χ2v) is 7.31. The summed E-state index contributed by atoms with van der Waals surface area (Å²) in [5, 5.41) is 0.576. The molecule has 0 aliphatic rings. The summed E-state index contributed by atoms with van der Waals surface area (Å²) in [6, 6.07) is -1.58. The number of ether oxygens (including phenoxy) is 2. The van der Waals surface area contributed by atoms with Crippen LogP contribution in [0.4, 0.5) is 70.2 Å². The van der Waals surface area contributed by atoms with E-state index in [0.717, 1.165) is 0 Å². The van der Waals surface area contributed by atoms with E-state index in [-0.39, 0.29) is 0 Å². The summed E-state index contributed by atoms with van der Waals surface area (Å²) in [6.45, 7) is 0. The Morgan fingerprint density at radius 1 is 0.675 bits per heavy atom.